The Balaban J connectivity index is 1.58. The summed E-state index contributed by atoms with van der Waals surface area (Å²) in [7, 11) is 0. The zero-order valence-electron chi connectivity index (χ0n) is 12.7. The Kier molecular flexibility index (Phi) is 2.98. The largest absolute Gasteiger partial charge is 0.477 e. The van der Waals surface area contributed by atoms with E-state index in [1.54, 1.807) is 6.08 Å². The van der Waals surface area contributed by atoms with Crippen LogP contribution in [0.15, 0.2) is 22.9 Å². The van der Waals surface area contributed by atoms with Crippen LogP contribution in [-0.4, -0.2) is 42.3 Å². The third-order valence-corrected chi connectivity index (χ3v) is 5.31. The summed E-state index contributed by atoms with van der Waals surface area (Å²) in [4.78, 5) is 29.2. The van der Waals surface area contributed by atoms with Crippen LogP contribution in [0.5, 0.6) is 0 Å². The van der Waals surface area contributed by atoms with Crippen LogP contribution in [0, 0.1) is 0 Å². The molecule has 7 nitrogen and oxygen atoms in total. The number of fused-ring (bicyclic) bond motifs is 2. The highest BCUT2D eigenvalue weighted by Gasteiger charge is 2.49. The van der Waals surface area contributed by atoms with Gasteiger partial charge in [-0.1, -0.05) is 0 Å². The molecule has 0 spiro atoms. The molecule has 0 saturated carbocycles. The number of carboxylic acid groups (broad SMARTS) is 1. The topological polar surface area (TPSA) is 87.5 Å². The second-order valence-corrected chi connectivity index (χ2v) is 7.47. The molecule has 1 aromatic rings. The van der Waals surface area contributed by atoms with Gasteiger partial charge >= 0.3 is 5.97 Å². The number of rotatable bonds is 2. The predicted molar refractivity (Wildman–Crippen MR) is 85.1 cm³/mol. The molecule has 4 heterocycles. The van der Waals surface area contributed by atoms with Crippen molar-refractivity contribution < 1.29 is 14.7 Å². The fraction of sp³-hybridized carbons (Fsp3) is 0.400. The molecule has 8 heteroatoms. The second-order valence-electron chi connectivity index (χ2n) is 6.52. The van der Waals surface area contributed by atoms with Gasteiger partial charge in [0.2, 0.25) is 0 Å². The first-order valence-corrected chi connectivity index (χ1v) is 8.25. The van der Waals surface area contributed by atoms with Gasteiger partial charge in [-0.25, -0.2) is 9.78 Å². The summed E-state index contributed by atoms with van der Waals surface area (Å²) in [5, 5.41) is 13.8. The molecule has 23 heavy (non-hydrogen) atoms. The van der Waals surface area contributed by atoms with E-state index in [9.17, 15) is 9.59 Å². The van der Waals surface area contributed by atoms with Gasteiger partial charge < -0.3 is 15.0 Å². The first kappa shape index (κ1) is 14.5. The molecule has 0 aliphatic carbocycles. The molecule has 1 saturated heterocycles. The Morgan fingerprint density at radius 3 is 3.09 bits per heavy atom. The first-order valence-electron chi connectivity index (χ1n) is 7.31. The average molecular weight is 332 g/mol. The summed E-state index contributed by atoms with van der Waals surface area (Å²) < 4.78 is 2.10. The number of carbonyl (C=O) groups excluding carboxylic acids is 1. The Morgan fingerprint density at radius 2 is 2.35 bits per heavy atom. The van der Waals surface area contributed by atoms with E-state index in [2.05, 4.69) is 28.7 Å². The Labute approximate surface area is 137 Å². The van der Waals surface area contributed by atoms with Crippen molar-refractivity contribution in [1.82, 2.24) is 19.8 Å². The average Bonchev–Trinajstić information content (AvgIpc) is 3.04. The van der Waals surface area contributed by atoms with E-state index >= 15 is 0 Å². The lowest BCUT2D eigenvalue weighted by Gasteiger charge is -2.36. The molecule has 1 atom stereocenters. The summed E-state index contributed by atoms with van der Waals surface area (Å²) >= 11 is 1.34. The lowest BCUT2D eigenvalue weighted by atomic mass is 10.0. The predicted octanol–water partition coefficient (Wildman–Crippen LogP) is 0.989. The van der Waals surface area contributed by atoms with Crippen LogP contribution < -0.4 is 5.32 Å². The van der Waals surface area contributed by atoms with E-state index in [0.29, 0.717) is 12.1 Å². The van der Waals surface area contributed by atoms with Crippen LogP contribution in [0.1, 0.15) is 25.4 Å². The molecule has 3 aliphatic rings. The number of amides is 1. The molecule has 1 amide bonds. The zero-order valence-corrected chi connectivity index (χ0v) is 13.6. The van der Waals surface area contributed by atoms with Crippen molar-refractivity contribution in [2.45, 2.75) is 37.8 Å². The van der Waals surface area contributed by atoms with Crippen molar-refractivity contribution in [3.05, 3.63) is 34.4 Å². The lowest BCUT2D eigenvalue weighted by molar-refractivity contribution is -0.141. The van der Waals surface area contributed by atoms with E-state index in [4.69, 9.17) is 5.11 Å². The SMILES string of the molecule is CC1(C)Cn2cc(/C=C3\C(=O)N4C(C(=O)O)=CSC34)nc2CN1. The number of thioether (sulfide) groups is 1. The number of carboxylic acids is 1. The van der Waals surface area contributed by atoms with E-state index in [0.717, 1.165) is 18.1 Å². The van der Waals surface area contributed by atoms with Crippen LogP contribution in [0.2, 0.25) is 0 Å². The van der Waals surface area contributed by atoms with Crippen molar-refractivity contribution in [3.8, 4) is 0 Å². The fourth-order valence-corrected chi connectivity index (χ4v) is 4.17. The number of nitrogens with one attached hydrogen (secondary N) is 1. The molecular formula is C15H16N4O3S. The minimum atomic E-state index is -1.07. The number of aromatic nitrogens is 2. The molecule has 0 radical (unpaired) electrons. The standard InChI is InChI=1S/C15H16N4O3S/c1-15(2)7-18-5-8(17-11(18)4-16-15)3-9-12(20)19-10(14(21)22)6-23-13(9)19/h3,5-6,13,16H,4,7H2,1-2H3,(H,21,22)/b9-3+. The van der Waals surface area contributed by atoms with Gasteiger partial charge in [0, 0.05) is 23.7 Å². The summed E-state index contributed by atoms with van der Waals surface area (Å²) in [6, 6.07) is 0. The van der Waals surface area contributed by atoms with Crippen LogP contribution in [0.4, 0.5) is 0 Å². The molecule has 120 valence electrons. The van der Waals surface area contributed by atoms with Crippen LogP contribution in [-0.2, 0) is 22.7 Å². The van der Waals surface area contributed by atoms with E-state index in [1.165, 1.54) is 22.1 Å². The minimum absolute atomic E-state index is 0.0167. The molecule has 3 aliphatic heterocycles. The number of hydrogen-bond donors (Lipinski definition) is 2. The molecule has 1 aromatic heterocycles. The second kappa shape index (κ2) is 4.72. The van der Waals surface area contributed by atoms with Gasteiger partial charge in [0.15, 0.2) is 0 Å². The van der Waals surface area contributed by atoms with Gasteiger partial charge in [-0.3, -0.25) is 9.69 Å². The van der Waals surface area contributed by atoms with Gasteiger partial charge in [0.25, 0.3) is 5.91 Å². The van der Waals surface area contributed by atoms with Crippen LogP contribution in [0.3, 0.4) is 0 Å². The Bertz CT molecular complexity index is 793. The maximum absolute atomic E-state index is 12.2. The van der Waals surface area contributed by atoms with Crippen molar-refractivity contribution in [1.29, 1.82) is 0 Å². The van der Waals surface area contributed by atoms with Crippen molar-refractivity contribution >= 4 is 29.7 Å². The number of hydrogen-bond acceptors (Lipinski definition) is 5. The van der Waals surface area contributed by atoms with Crippen LogP contribution in [0.25, 0.3) is 6.08 Å². The van der Waals surface area contributed by atoms with Gasteiger partial charge in [0.05, 0.1) is 17.8 Å². The Morgan fingerprint density at radius 1 is 1.57 bits per heavy atom. The van der Waals surface area contributed by atoms with Gasteiger partial charge in [-0.2, -0.15) is 0 Å². The van der Waals surface area contributed by atoms with Crippen molar-refractivity contribution in [3.63, 3.8) is 0 Å². The molecule has 0 aromatic carbocycles. The van der Waals surface area contributed by atoms with Gasteiger partial charge in [0.1, 0.15) is 16.9 Å². The molecule has 2 N–H and O–H groups in total. The molecule has 0 bridgehead atoms. The maximum atomic E-state index is 12.2. The van der Waals surface area contributed by atoms with E-state index in [-0.39, 0.29) is 22.5 Å². The molecule has 4 rings (SSSR count). The molecular weight excluding hydrogens is 316 g/mol. The molecule has 1 unspecified atom stereocenters. The van der Waals surface area contributed by atoms with E-state index in [1.807, 2.05) is 6.20 Å². The lowest BCUT2D eigenvalue weighted by Crippen LogP contribution is -2.51. The highest BCUT2D eigenvalue weighted by Crippen LogP contribution is 2.45. The van der Waals surface area contributed by atoms with Gasteiger partial charge in [-0.15, -0.1) is 11.8 Å². The summed E-state index contributed by atoms with van der Waals surface area (Å²) in [6.07, 6.45) is 3.72. The maximum Gasteiger partial charge on any atom is 0.353 e. The van der Waals surface area contributed by atoms with Crippen LogP contribution >= 0.6 is 11.8 Å². The third kappa shape index (κ3) is 2.21. The highest BCUT2D eigenvalue weighted by atomic mass is 32.2. The third-order valence-electron chi connectivity index (χ3n) is 4.23. The number of nitrogens with zero attached hydrogens (tertiary/aromatic N) is 3. The summed E-state index contributed by atoms with van der Waals surface area (Å²) in [6.45, 7) is 5.78. The smallest absolute Gasteiger partial charge is 0.353 e. The number of β-lactam (4-membered cyclic amide) rings is 1. The number of imidazole rings is 1. The summed E-state index contributed by atoms with van der Waals surface area (Å²) in [5.74, 6) is -0.375. The first-order chi connectivity index (χ1) is 10.9. The van der Waals surface area contributed by atoms with Crippen molar-refractivity contribution in [2.75, 3.05) is 0 Å². The number of aliphatic carboxylic acids is 1. The van der Waals surface area contributed by atoms with Gasteiger partial charge in [-0.05, 0) is 19.9 Å². The normalized spacial score (nSPS) is 26.6. The van der Waals surface area contributed by atoms with Crippen molar-refractivity contribution in [2.24, 2.45) is 0 Å². The fourth-order valence-electron chi connectivity index (χ4n) is 3.05. The van der Waals surface area contributed by atoms with E-state index < -0.39 is 5.97 Å². The number of carbonyl (C=O) groups is 2. The zero-order chi connectivity index (χ0) is 16.4. The summed E-state index contributed by atoms with van der Waals surface area (Å²) in [5.41, 5.74) is 1.41. The monoisotopic (exact) mass is 332 g/mol. The quantitative estimate of drug-likeness (QED) is 0.620. The minimum Gasteiger partial charge on any atom is -0.477 e. The molecule has 1 fully saturated rings. The highest BCUT2D eigenvalue weighted by molar-refractivity contribution is 8.03. The Hall–Kier alpha value is -2.06.